The molecule has 11 nitrogen and oxygen atoms in total. The van der Waals surface area contributed by atoms with Gasteiger partial charge in [-0.1, -0.05) is 6.08 Å². The van der Waals surface area contributed by atoms with Gasteiger partial charge < -0.3 is 35.6 Å². The van der Waals surface area contributed by atoms with E-state index in [0.29, 0.717) is 5.69 Å². The lowest BCUT2D eigenvalue weighted by atomic mass is 9.96. The molecule has 14 heteroatoms. The maximum atomic E-state index is 13.6. The van der Waals surface area contributed by atoms with E-state index in [-0.39, 0.29) is 36.1 Å². The molecule has 1 aromatic heterocycles. The molecule has 1 amide bonds. The van der Waals surface area contributed by atoms with Gasteiger partial charge in [0.15, 0.2) is 0 Å². The summed E-state index contributed by atoms with van der Waals surface area (Å²) in [4.78, 5) is 30.2. The molecule has 0 saturated carbocycles. The summed E-state index contributed by atoms with van der Waals surface area (Å²) in [5.74, 6) is -0.405. The Morgan fingerprint density at radius 3 is 2.66 bits per heavy atom. The Bertz CT molecular complexity index is 1360. The number of aliphatic hydroxyl groups is 1. The summed E-state index contributed by atoms with van der Waals surface area (Å²) in [6, 6.07) is 7.79. The topological polar surface area (TPSA) is 127 Å². The van der Waals surface area contributed by atoms with Gasteiger partial charge in [0.25, 0.3) is 5.91 Å². The average Bonchev–Trinajstić information content (AvgIpc) is 3.30. The van der Waals surface area contributed by atoms with E-state index in [2.05, 4.69) is 54.3 Å². The maximum Gasteiger partial charge on any atom is 0.426 e. The van der Waals surface area contributed by atoms with Crippen molar-refractivity contribution in [2.45, 2.75) is 24.4 Å². The highest BCUT2D eigenvalue weighted by Gasteiger charge is 2.63. The number of benzene rings is 1. The number of amides is 1. The normalized spacial score (nSPS) is 22.7. The molecule has 2 saturated heterocycles. The molecule has 41 heavy (non-hydrogen) atoms. The first-order valence-corrected chi connectivity index (χ1v) is 13.1. The van der Waals surface area contributed by atoms with Crippen molar-refractivity contribution in [3.63, 3.8) is 0 Å². The van der Waals surface area contributed by atoms with Gasteiger partial charge in [0.1, 0.15) is 35.6 Å². The number of rotatable bonds is 8. The van der Waals surface area contributed by atoms with E-state index in [1.165, 1.54) is 18.3 Å². The number of aliphatic imine (C=N–C) groups is 1. The van der Waals surface area contributed by atoms with Crippen LogP contribution in [0.4, 0.5) is 36.3 Å². The summed E-state index contributed by atoms with van der Waals surface area (Å²) in [5.41, 5.74) is -1.97. The number of ether oxygens (including phenoxy) is 1. The van der Waals surface area contributed by atoms with Crippen molar-refractivity contribution in [3.8, 4) is 0 Å². The second-order valence-corrected chi connectivity index (χ2v) is 10.0. The van der Waals surface area contributed by atoms with Crippen LogP contribution < -0.4 is 20.9 Å². The summed E-state index contributed by atoms with van der Waals surface area (Å²) in [6.07, 6.45) is -1.56. The first kappa shape index (κ1) is 28.4. The fraction of sp³-hybridized carbons (Fsp3) is 0.407. The highest BCUT2D eigenvalue weighted by molar-refractivity contribution is 6.08. The Balaban J connectivity index is 1.37. The Labute approximate surface area is 234 Å². The third kappa shape index (κ3) is 5.98. The fourth-order valence-corrected chi connectivity index (χ4v) is 4.67. The number of halogens is 3. The molecule has 218 valence electrons. The molecule has 0 radical (unpaired) electrons. The number of alkyl halides is 3. The van der Waals surface area contributed by atoms with E-state index in [1.54, 1.807) is 0 Å². The summed E-state index contributed by atoms with van der Waals surface area (Å²) in [7, 11) is 2.10. The van der Waals surface area contributed by atoms with Gasteiger partial charge in [-0.3, -0.25) is 9.79 Å². The molecule has 0 aliphatic carbocycles. The average molecular weight is 573 g/mol. The molecule has 4 heterocycles. The van der Waals surface area contributed by atoms with Crippen molar-refractivity contribution in [3.05, 3.63) is 60.5 Å². The number of anilines is 4. The van der Waals surface area contributed by atoms with Gasteiger partial charge in [-0.2, -0.15) is 18.2 Å². The molecule has 4 N–H and O–H groups in total. The van der Waals surface area contributed by atoms with Crippen LogP contribution in [0.2, 0.25) is 0 Å². The summed E-state index contributed by atoms with van der Waals surface area (Å²) >= 11 is 0. The predicted octanol–water partition coefficient (Wildman–Crippen LogP) is 2.68. The smallest absolute Gasteiger partial charge is 0.426 e. The first-order valence-electron chi connectivity index (χ1n) is 13.1. The number of nitrogens with one attached hydrogen (secondary N) is 3. The minimum Gasteiger partial charge on any atom is -0.488 e. The lowest BCUT2D eigenvalue weighted by Crippen LogP contribution is -2.52. The Hall–Kier alpha value is -4.17. The zero-order valence-corrected chi connectivity index (χ0v) is 22.4. The number of piperazine rings is 1. The van der Waals surface area contributed by atoms with E-state index in [4.69, 9.17) is 4.74 Å². The molecular weight excluding hydrogens is 541 g/mol. The van der Waals surface area contributed by atoms with Crippen LogP contribution in [-0.2, 0) is 4.74 Å². The van der Waals surface area contributed by atoms with Gasteiger partial charge in [0, 0.05) is 56.7 Å². The van der Waals surface area contributed by atoms with Gasteiger partial charge in [0.05, 0.1) is 0 Å². The van der Waals surface area contributed by atoms with E-state index < -0.39 is 36.2 Å². The Morgan fingerprint density at radius 2 is 1.98 bits per heavy atom. The number of nitrogens with zero attached hydrogens (tertiary/aromatic N) is 5. The van der Waals surface area contributed by atoms with Crippen LogP contribution in [0.1, 0.15) is 16.8 Å². The summed E-state index contributed by atoms with van der Waals surface area (Å²) in [6.45, 7) is 6.64. The number of carbonyl (C=O) groups excluding carboxylic acids is 1. The molecule has 5 rings (SSSR count). The van der Waals surface area contributed by atoms with Crippen LogP contribution in [-0.4, -0.2) is 95.9 Å². The quantitative estimate of drug-likeness (QED) is 0.353. The van der Waals surface area contributed by atoms with Crippen molar-refractivity contribution in [2.24, 2.45) is 4.99 Å². The second kappa shape index (κ2) is 11.4. The molecule has 1 aromatic carbocycles. The predicted molar refractivity (Wildman–Crippen MR) is 148 cm³/mol. The SMILES string of the molecule is C=CCNC(=O)c1cnc(Nc2ccc(N3CCN(C)CC3)cc2)nc1NC1CC=C2OCC(O)(C(F)(F)F)C2=N1. The van der Waals surface area contributed by atoms with Crippen LogP contribution in [0.25, 0.3) is 0 Å². The van der Waals surface area contributed by atoms with Gasteiger partial charge in [0.2, 0.25) is 11.5 Å². The van der Waals surface area contributed by atoms with Gasteiger partial charge in [-0.25, -0.2) is 4.98 Å². The highest BCUT2D eigenvalue weighted by Crippen LogP contribution is 2.40. The van der Waals surface area contributed by atoms with Crippen LogP contribution in [0.5, 0.6) is 0 Å². The third-order valence-corrected chi connectivity index (χ3v) is 7.08. The lowest BCUT2D eigenvalue weighted by molar-refractivity contribution is -0.234. The van der Waals surface area contributed by atoms with Crippen molar-refractivity contribution < 1.29 is 27.8 Å². The zero-order valence-electron chi connectivity index (χ0n) is 22.4. The van der Waals surface area contributed by atoms with Crippen LogP contribution >= 0.6 is 0 Å². The zero-order chi connectivity index (χ0) is 29.2. The number of hydrogen-bond donors (Lipinski definition) is 4. The minimum atomic E-state index is -4.98. The fourth-order valence-electron chi connectivity index (χ4n) is 4.67. The Morgan fingerprint density at radius 1 is 1.24 bits per heavy atom. The number of likely N-dealkylation sites (N-methyl/N-ethyl adjacent to an activating group) is 1. The van der Waals surface area contributed by atoms with E-state index in [1.807, 2.05) is 24.3 Å². The van der Waals surface area contributed by atoms with E-state index in [0.717, 1.165) is 31.9 Å². The standard InChI is InChI=1S/C27H31F3N8O3/c1-3-10-31-24(39)19-15-32-25(33-17-4-6-18(7-5-17)38-13-11-37(2)12-14-38)36-23(19)35-21-9-8-20-22(34-21)26(40,16-41-20)27(28,29)30/h3-8,15,21,40H,1,9-14,16H2,2H3,(H,31,39)(H2,32,33,35,36). The van der Waals surface area contributed by atoms with Crippen molar-refractivity contribution in [2.75, 3.05) is 61.9 Å². The highest BCUT2D eigenvalue weighted by atomic mass is 19.4. The van der Waals surface area contributed by atoms with Gasteiger partial charge >= 0.3 is 6.18 Å². The van der Waals surface area contributed by atoms with Gasteiger partial charge in [-0.05, 0) is 37.4 Å². The summed E-state index contributed by atoms with van der Waals surface area (Å²) in [5, 5.41) is 19.0. The van der Waals surface area contributed by atoms with Crippen molar-refractivity contribution in [1.29, 1.82) is 0 Å². The van der Waals surface area contributed by atoms with Crippen molar-refractivity contribution in [1.82, 2.24) is 20.2 Å². The monoisotopic (exact) mass is 572 g/mol. The molecule has 3 aliphatic heterocycles. The van der Waals surface area contributed by atoms with Crippen LogP contribution in [0.3, 0.4) is 0 Å². The van der Waals surface area contributed by atoms with E-state index >= 15 is 0 Å². The third-order valence-electron chi connectivity index (χ3n) is 7.08. The van der Waals surface area contributed by atoms with E-state index in [9.17, 15) is 23.1 Å². The second-order valence-electron chi connectivity index (χ2n) is 10.0. The molecule has 2 aromatic rings. The maximum absolute atomic E-state index is 13.6. The molecule has 0 bridgehead atoms. The molecule has 2 unspecified atom stereocenters. The molecule has 2 fully saturated rings. The van der Waals surface area contributed by atoms with Crippen molar-refractivity contribution >= 4 is 34.8 Å². The van der Waals surface area contributed by atoms with Gasteiger partial charge in [-0.15, -0.1) is 6.58 Å². The first-order chi connectivity index (χ1) is 19.6. The number of aromatic nitrogens is 2. The number of dihydropyridines is 1. The summed E-state index contributed by atoms with van der Waals surface area (Å²) < 4.78 is 45.9. The number of carbonyl (C=O) groups is 1. The van der Waals surface area contributed by atoms with Crippen LogP contribution in [0, 0.1) is 0 Å². The number of hydrogen-bond acceptors (Lipinski definition) is 10. The Kier molecular flexibility index (Phi) is 7.87. The molecule has 2 atom stereocenters. The minimum absolute atomic E-state index is 0.0544. The van der Waals surface area contributed by atoms with Crippen LogP contribution in [0.15, 0.2) is 59.9 Å². The number of fused-ring (bicyclic) bond motifs is 1. The molecular formula is C27H31F3N8O3. The molecule has 3 aliphatic rings. The largest absolute Gasteiger partial charge is 0.488 e. The molecule has 0 spiro atoms. The lowest BCUT2D eigenvalue weighted by Gasteiger charge is -2.34.